The van der Waals surface area contributed by atoms with Crippen LogP contribution in [0.15, 0.2) is 53.4 Å². The quantitative estimate of drug-likeness (QED) is 0.842. The van der Waals surface area contributed by atoms with Crippen LogP contribution in [-0.2, 0) is 10.0 Å². The van der Waals surface area contributed by atoms with Gasteiger partial charge in [0.05, 0.1) is 4.90 Å². The van der Waals surface area contributed by atoms with E-state index >= 15 is 0 Å². The molecule has 0 aliphatic rings. The van der Waals surface area contributed by atoms with Crippen molar-refractivity contribution >= 4 is 32.6 Å². The molecule has 0 radical (unpaired) electrons. The minimum absolute atomic E-state index is 0.300. The SMILES string of the molecule is CNS(=O)(=O)c1ccccc1-c1ccc(I)cc1. The summed E-state index contributed by atoms with van der Waals surface area (Å²) >= 11 is 2.22. The molecule has 0 heterocycles. The molecule has 0 fully saturated rings. The van der Waals surface area contributed by atoms with Crippen LogP contribution in [-0.4, -0.2) is 15.5 Å². The molecule has 0 atom stereocenters. The van der Waals surface area contributed by atoms with Gasteiger partial charge in [0.2, 0.25) is 10.0 Å². The lowest BCUT2D eigenvalue weighted by Crippen LogP contribution is -2.19. The number of benzene rings is 2. The van der Waals surface area contributed by atoms with Crippen LogP contribution in [0.1, 0.15) is 0 Å². The Kier molecular flexibility index (Phi) is 4.04. The fourth-order valence-corrected chi connectivity index (χ4v) is 2.99. The smallest absolute Gasteiger partial charge is 0.214 e. The Labute approximate surface area is 120 Å². The Morgan fingerprint density at radius 3 is 2.22 bits per heavy atom. The summed E-state index contributed by atoms with van der Waals surface area (Å²) in [4.78, 5) is 0.300. The maximum Gasteiger partial charge on any atom is 0.240 e. The highest BCUT2D eigenvalue weighted by Gasteiger charge is 2.16. The van der Waals surface area contributed by atoms with Gasteiger partial charge < -0.3 is 0 Å². The van der Waals surface area contributed by atoms with Crippen molar-refractivity contribution in [3.8, 4) is 11.1 Å². The number of halogens is 1. The van der Waals surface area contributed by atoms with E-state index in [4.69, 9.17) is 0 Å². The molecule has 2 rings (SSSR count). The zero-order chi connectivity index (χ0) is 13.2. The minimum atomic E-state index is -3.44. The molecule has 0 saturated heterocycles. The Morgan fingerprint density at radius 2 is 1.61 bits per heavy atom. The van der Waals surface area contributed by atoms with Crippen molar-refractivity contribution in [2.45, 2.75) is 4.90 Å². The van der Waals surface area contributed by atoms with Crippen LogP contribution >= 0.6 is 22.6 Å². The normalized spacial score (nSPS) is 11.4. The highest BCUT2D eigenvalue weighted by Crippen LogP contribution is 2.27. The standard InChI is InChI=1S/C13H12INO2S/c1-15-18(16,17)13-5-3-2-4-12(13)10-6-8-11(14)9-7-10/h2-9,15H,1H3. The van der Waals surface area contributed by atoms with Crippen LogP contribution in [0.3, 0.4) is 0 Å². The first-order valence-electron chi connectivity index (χ1n) is 5.33. The zero-order valence-corrected chi connectivity index (χ0v) is 12.7. The van der Waals surface area contributed by atoms with E-state index in [1.165, 1.54) is 7.05 Å². The Morgan fingerprint density at radius 1 is 1.00 bits per heavy atom. The molecule has 0 amide bonds. The molecule has 1 N–H and O–H groups in total. The van der Waals surface area contributed by atoms with Crippen molar-refractivity contribution in [1.29, 1.82) is 0 Å². The summed E-state index contributed by atoms with van der Waals surface area (Å²) in [5, 5.41) is 0. The second-order valence-corrected chi connectivity index (χ2v) is 6.81. The maximum atomic E-state index is 11.9. The summed E-state index contributed by atoms with van der Waals surface area (Å²) in [6, 6.07) is 14.7. The molecule has 0 aromatic heterocycles. The van der Waals surface area contributed by atoms with E-state index in [0.717, 1.165) is 9.13 Å². The van der Waals surface area contributed by atoms with E-state index in [-0.39, 0.29) is 0 Å². The van der Waals surface area contributed by atoms with Crippen molar-refractivity contribution in [3.63, 3.8) is 0 Å². The average molecular weight is 373 g/mol. The molecule has 94 valence electrons. The lowest BCUT2D eigenvalue weighted by Gasteiger charge is -2.09. The maximum absolute atomic E-state index is 11.9. The molecule has 2 aromatic carbocycles. The average Bonchev–Trinajstić information content (AvgIpc) is 2.40. The molecule has 0 aliphatic heterocycles. The highest BCUT2D eigenvalue weighted by molar-refractivity contribution is 14.1. The third-order valence-corrected chi connectivity index (χ3v) is 4.79. The summed E-state index contributed by atoms with van der Waals surface area (Å²) in [5.41, 5.74) is 1.60. The van der Waals surface area contributed by atoms with Crippen molar-refractivity contribution in [2.24, 2.45) is 0 Å². The number of hydrogen-bond donors (Lipinski definition) is 1. The predicted molar refractivity (Wildman–Crippen MR) is 80.8 cm³/mol. The van der Waals surface area contributed by atoms with Crippen LogP contribution in [0.5, 0.6) is 0 Å². The molecule has 0 aliphatic carbocycles. The molecular formula is C13H12INO2S. The molecule has 0 spiro atoms. The van der Waals surface area contributed by atoms with E-state index in [1.807, 2.05) is 36.4 Å². The van der Waals surface area contributed by atoms with Gasteiger partial charge in [-0.15, -0.1) is 0 Å². The van der Waals surface area contributed by atoms with Crippen LogP contribution in [0, 0.1) is 3.57 Å². The van der Waals surface area contributed by atoms with Crippen molar-refractivity contribution in [2.75, 3.05) is 7.05 Å². The van der Waals surface area contributed by atoms with E-state index in [9.17, 15) is 8.42 Å². The van der Waals surface area contributed by atoms with Crippen LogP contribution in [0.2, 0.25) is 0 Å². The van der Waals surface area contributed by atoms with Crippen molar-refractivity contribution < 1.29 is 8.42 Å². The molecule has 5 heteroatoms. The summed E-state index contributed by atoms with van der Waals surface area (Å²) < 4.78 is 27.4. The third-order valence-electron chi connectivity index (χ3n) is 2.60. The van der Waals surface area contributed by atoms with Gasteiger partial charge in [-0.1, -0.05) is 30.3 Å². The first-order valence-corrected chi connectivity index (χ1v) is 7.89. The van der Waals surface area contributed by atoms with Gasteiger partial charge in [-0.05, 0) is 53.4 Å². The highest BCUT2D eigenvalue weighted by atomic mass is 127. The fourth-order valence-electron chi connectivity index (χ4n) is 1.68. The van der Waals surface area contributed by atoms with Crippen molar-refractivity contribution in [1.82, 2.24) is 4.72 Å². The van der Waals surface area contributed by atoms with E-state index in [0.29, 0.717) is 10.5 Å². The van der Waals surface area contributed by atoms with Crippen LogP contribution in [0.25, 0.3) is 11.1 Å². The van der Waals surface area contributed by atoms with Gasteiger partial charge in [0.25, 0.3) is 0 Å². The van der Waals surface area contributed by atoms with Crippen molar-refractivity contribution in [3.05, 3.63) is 52.1 Å². The first-order chi connectivity index (χ1) is 8.54. The zero-order valence-electron chi connectivity index (χ0n) is 9.72. The summed E-state index contributed by atoms with van der Waals surface area (Å²) in [6.45, 7) is 0. The number of nitrogens with one attached hydrogen (secondary N) is 1. The molecule has 0 unspecified atom stereocenters. The van der Waals surface area contributed by atoms with Gasteiger partial charge in [0.1, 0.15) is 0 Å². The summed E-state index contributed by atoms with van der Waals surface area (Å²) in [7, 11) is -2.02. The van der Waals surface area contributed by atoms with Gasteiger partial charge in [0.15, 0.2) is 0 Å². The molecule has 2 aromatic rings. The Bertz CT molecular complexity index is 651. The molecule has 18 heavy (non-hydrogen) atoms. The lowest BCUT2D eigenvalue weighted by molar-refractivity contribution is 0.588. The first kappa shape index (κ1) is 13.5. The topological polar surface area (TPSA) is 46.2 Å². The number of rotatable bonds is 3. The molecule has 3 nitrogen and oxygen atoms in total. The van der Waals surface area contributed by atoms with Gasteiger partial charge >= 0.3 is 0 Å². The Balaban J connectivity index is 2.62. The fraction of sp³-hybridized carbons (Fsp3) is 0.0769. The minimum Gasteiger partial charge on any atom is -0.214 e. The lowest BCUT2D eigenvalue weighted by atomic mass is 10.1. The second-order valence-electron chi connectivity index (χ2n) is 3.71. The number of sulfonamides is 1. The van der Waals surface area contributed by atoms with E-state index in [1.54, 1.807) is 12.1 Å². The molecule has 0 bridgehead atoms. The van der Waals surface area contributed by atoms with Gasteiger partial charge in [-0.25, -0.2) is 13.1 Å². The largest absolute Gasteiger partial charge is 0.240 e. The summed E-state index contributed by atoms with van der Waals surface area (Å²) in [6.07, 6.45) is 0. The molecular weight excluding hydrogens is 361 g/mol. The van der Waals surface area contributed by atoms with Gasteiger partial charge in [-0.2, -0.15) is 0 Å². The second kappa shape index (κ2) is 5.38. The van der Waals surface area contributed by atoms with Crippen LogP contribution in [0.4, 0.5) is 0 Å². The van der Waals surface area contributed by atoms with E-state index in [2.05, 4.69) is 27.3 Å². The van der Waals surface area contributed by atoms with Gasteiger partial charge in [-0.3, -0.25) is 0 Å². The van der Waals surface area contributed by atoms with Crippen LogP contribution < -0.4 is 4.72 Å². The predicted octanol–water partition coefficient (Wildman–Crippen LogP) is 2.87. The number of hydrogen-bond acceptors (Lipinski definition) is 2. The van der Waals surface area contributed by atoms with Gasteiger partial charge in [0, 0.05) is 9.13 Å². The monoisotopic (exact) mass is 373 g/mol. The van der Waals surface area contributed by atoms with E-state index < -0.39 is 10.0 Å². The summed E-state index contributed by atoms with van der Waals surface area (Å²) in [5.74, 6) is 0. The Hall–Kier alpha value is -0.920. The third kappa shape index (κ3) is 2.73. The molecule has 0 saturated carbocycles.